The van der Waals surface area contributed by atoms with Crippen molar-refractivity contribution in [3.05, 3.63) is 0 Å². The Kier molecular flexibility index (Phi) is 7.29. The Morgan fingerprint density at radius 3 is 2.42 bits per heavy atom. The molecule has 31 heavy (non-hydrogen) atoms. The molecule has 0 radical (unpaired) electrons. The normalized spacial score (nSPS) is 50.7. The van der Waals surface area contributed by atoms with Crippen LogP contribution in [0.1, 0.15) is 98.8 Å². The Labute approximate surface area is 216 Å². The van der Waals surface area contributed by atoms with Crippen molar-refractivity contribution in [2.24, 2.45) is 46.3 Å². The Balaban J connectivity index is 1.55. The second kappa shape index (κ2) is 8.96. The molecule has 0 bridgehead atoms. The van der Waals surface area contributed by atoms with Gasteiger partial charge in [0.05, 0.1) is 9.15 Å². The first-order valence-electron chi connectivity index (χ1n) is 12.9. The van der Waals surface area contributed by atoms with E-state index in [1.807, 2.05) is 0 Å². The summed E-state index contributed by atoms with van der Waals surface area (Å²) in [5, 5.41) is 0. The van der Waals surface area contributed by atoms with Crippen LogP contribution in [0.2, 0.25) is 0 Å². The van der Waals surface area contributed by atoms with E-state index in [1.54, 1.807) is 0 Å². The average Bonchev–Trinajstić information content (AvgIpc) is 3.03. The van der Waals surface area contributed by atoms with Crippen LogP contribution in [-0.2, 0) is 4.79 Å². The summed E-state index contributed by atoms with van der Waals surface area (Å²) in [6.07, 6.45) is 12.7. The Bertz CT molecular complexity index is 694. The monoisotopic (exact) mass is 620 g/mol. The van der Waals surface area contributed by atoms with Gasteiger partial charge in [0, 0.05) is 11.2 Å². The number of alkyl halides is 3. The number of fused-ring (bicyclic) bond motifs is 5. The molecule has 0 aromatic rings. The van der Waals surface area contributed by atoms with Crippen molar-refractivity contribution < 1.29 is 4.79 Å². The molecule has 178 valence electrons. The maximum absolute atomic E-state index is 12.7. The van der Waals surface area contributed by atoms with Crippen LogP contribution in [0.5, 0.6) is 0 Å². The SMILES string of the molecule is CC(C)CCC[C@@H](C)[C@H]1CC[C@H]2[C@@H]3C[C@@H](Br)[C@@]4(Br)CC(=O)[C@H](Br)C[C@]4(C)[C@H]3CC[C@]12C. The molecule has 4 aliphatic rings. The largest absolute Gasteiger partial charge is 0.298 e. The molecule has 0 aromatic heterocycles. The van der Waals surface area contributed by atoms with Gasteiger partial charge >= 0.3 is 0 Å². The number of carbonyl (C=O) groups excluding carboxylic acids is 1. The molecule has 1 nitrogen and oxygen atoms in total. The van der Waals surface area contributed by atoms with E-state index in [4.69, 9.17) is 0 Å². The Hall–Kier alpha value is 1.11. The van der Waals surface area contributed by atoms with Crippen LogP contribution in [0.15, 0.2) is 0 Å². The second-order valence-electron chi connectivity index (χ2n) is 12.7. The number of Topliss-reactive ketones (excluding diaryl/α,β-unsaturated/α-hetero) is 1. The van der Waals surface area contributed by atoms with Gasteiger partial charge in [0.25, 0.3) is 0 Å². The van der Waals surface area contributed by atoms with Crippen LogP contribution in [0, 0.1) is 46.3 Å². The van der Waals surface area contributed by atoms with Crippen molar-refractivity contribution in [2.45, 2.75) is 113 Å². The quantitative estimate of drug-likeness (QED) is 0.280. The molecule has 4 aliphatic carbocycles. The first kappa shape index (κ1) is 25.2. The highest BCUT2D eigenvalue weighted by atomic mass is 79.9. The first-order valence-corrected chi connectivity index (χ1v) is 15.6. The highest BCUT2D eigenvalue weighted by molar-refractivity contribution is 9.12. The molecule has 0 unspecified atom stereocenters. The van der Waals surface area contributed by atoms with E-state index in [2.05, 4.69) is 82.4 Å². The maximum atomic E-state index is 12.7. The van der Waals surface area contributed by atoms with E-state index < -0.39 is 0 Å². The van der Waals surface area contributed by atoms with Gasteiger partial charge in [-0.15, -0.1) is 0 Å². The third kappa shape index (κ3) is 4.01. The minimum atomic E-state index is -0.0849. The second-order valence-corrected chi connectivity index (χ2v) is 16.3. The van der Waals surface area contributed by atoms with Gasteiger partial charge in [-0.1, -0.05) is 102 Å². The van der Waals surface area contributed by atoms with Crippen molar-refractivity contribution in [1.29, 1.82) is 0 Å². The lowest BCUT2D eigenvalue weighted by atomic mass is 9.44. The van der Waals surface area contributed by atoms with Crippen molar-refractivity contribution >= 4 is 53.6 Å². The third-order valence-electron chi connectivity index (χ3n) is 10.8. The number of halogens is 3. The van der Waals surface area contributed by atoms with Crippen LogP contribution in [0.3, 0.4) is 0 Å². The lowest BCUT2D eigenvalue weighted by Gasteiger charge is -2.65. The summed E-state index contributed by atoms with van der Waals surface area (Å²) in [4.78, 5) is 13.1. The number of ketones is 1. The molecular weight excluding hydrogens is 580 g/mol. The topological polar surface area (TPSA) is 17.1 Å². The van der Waals surface area contributed by atoms with Gasteiger partial charge in [0.2, 0.25) is 0 Å². The molecule has 4 saturated carbocycles. The van der Waals surface area contributed by atoms with Crippen molar-refractivity contribution in [3.63, 3.8) is 0 Å². The molecule has 0 aliphatic heterocycles. The van der Waals surface area contributed by atoms with Crippen LogP contribution in [0.4, 0.5) is 0 Å². The summed E-state index contributed by atoms with van der Waals surface area (Å²) in [7, 11) is 0. The lowest BCUT2D eigenvalue weighted by Crippen LogP contribution is -2.65. The highest BCUT2D eigenvalue weighted by Gasteiger charge is 2.67. The summed E-state index contributed by atoms with van der Waals surface area (Å²) in [6.45, 7) is 12.5. The van der Waals surface area contributed by atoms with Crippen LogP contribution in [0.25, 0.3) is 0 Å². The van der Waals surface area contributed by atoms with Gasteiger partial charge in [-0.05, 0) is 84.9 Å². The predicted molar refractivity (Wildman–Crippen MR) is 142 cm³/mol. The minimum absolute atomic E-state index is 0.0345. The molecule has 0 spiro atoms. The maximum Gasteiger partial charge on any atom is 0.147 e. The average molecular weight is 623 g/mol. The zero-order valence-electron chi connectivity index (χ0n) is 20.2. The smallest absolute Gasteiger partial charge is 0.147 e. The Morgan fingerprint density at radius 1 is 1.03 bits per heavy atom. The molecule has 10 atom stereocenters. The summed E-state index contributed by atoms with van der Waals surface area (Å²) in [5.74, 6) is 5.39. The van der Waals surface area contributed by atoms with Gasteiger partial charge in [-0.2, -0.15) is 0 Å². The van der Waals surface area contributed by atoms with Crippen molar-refractivity contribution in [3.8, 4) is 0 Å². The van der Waals surface area contributed by atoms with Crippen LogP contribution >= 0.6 is 47.8 Å². The van der Waals surface area contributed by atoms with Crippen LogP contribution in [-0.4, -0.2) is 19.8 Å². The summed E-state index contributed by atoms with van der Waals surface area (Å²) < 4.78 is -0.0849. The fourth-order valence-electron chi connectivity index (χ4n) is 9.01. The predicted octanol–water partition coefficient (Wildman–Crippen LogP) is 8.94. The number of hydrogen-bond donors (Lipinski definition) is 0. The van der Waals surface area contributed by atoms with Gasteiger partial charge in [-0.25, -0.2) is 0 Å². The van der Waals surface area contributed by atoms with Gasteiger partial charge in [-0.3, -0.25) is 4.79 Å². The fraction of sp³-hybridized carbons (Fsp3) is 0.963. The van der Waals surface area contributed by atoms with E-state index in [-0.39, 0.29) is 14.6 Å². The van der Waals surface area contributed by atoms with Crippen molar-refractivity contribution in [1.82, 2.24) is 0 Å². The zero-order valence-corrected chi connectivity index (χ0v) is 25.0. The molecule has 4 rings (SSSR count). The summed E-state index contributed by atoms with van der Waals surface area (Å²) >= 11 is 12.1. The molecule has 0 saturated heterocycles. The molecule has 0 aromatic carbocycles. The number of carbonyl (C=O) groups is 1. The molecule has 4 heteroatoms. The summed E-state index contributed by atoms with van der Waals surface area (Å²) in [5.41, 5.74) is 0.695. The number of hydrogen-bond acceptors (Lipinski definition) is 1. The van der Waals surface area contributed by atoms with Gasteiger partial charge in [0.15, 0.2) is 0 Å². The van der Waals surface area contributed by atoms with E-state index in [0.29, 0.717) is 22.4 Å². The van der Waals surface area contributed by atoms with Crippen molar-refractivity contribution in [2.75, 3.05) is 0 Å². The standard InChI is InChI=1S/C27H43Br3O/c1-16(2)7-6-8-17(3)19-9-10-20-18-13-24(29)27(30)15-23(31)22(28)14-26(27,5)21(18)11-12-25(19,20)4/h16-22,24H,6-15H2,1-5H3/t17-,18+,19-,20+,21+,22-,24-,25-,26-,27+/m1/s1. The van der Waals surface area contributed by atoms with E-state index in [1.165, 1.54) is 51.4 Å². The number of rotatable bonds is 5. The fourth-order valence-corrected chi connectivity index (χ4v) is 11.9. The van der Waals surface area contributed by atoms with Gasteiger partial charge < -0.3 is 0 Å². The van der Waals surface area contributed by atoms with E-state index in [9.17, 15) is 4.79 Å². The van der Waals surface area contributed by atoms with Gasteiger partial charge in [0.1, 0.15) is 5.78 Å². The molecular formula is C27H43Br3O. The summed E-state index contributed by atoms with van der Waals surface area (Å²) in [6, 6.07) is 0. The lowest BCUT2D eigenvalue weighted by molar-refractivity contribution is -0.132. The highest BCUT2D eigenvalue weighted by Crippen LogP contribution is 2.71. The molecule has 0 N–H and O–H groups in total. The van der Waals surface area contributed by atoms with E-state index in [0.717, 1.165) is 41.9 Å². The zero-order chi connectivity index (χ0) is 22.8. The molecule has 0 heterocycles. The molecule has 4 fully saturated rings. The van der Waals surface area contributed by atoms with E-state index >= 15 is 0 Å². The van der Waals surface area contributed by atoms with Crippen LogP contribution < -0.4 is 0 Å². The first-order chi connectivity index (χ1) is 14.4. The Morgan fingerprint density at radius 2 is 1.74 bits per heavy atom. The third-order valence-corrected chi connectivity index (χ3v) is 15.1. The molecule has 0 amide bonds. The minimum Gasteiger partial charge on any atom is -0.298 e.